The molecule has 2 nitrogen and oxygen atoms in total. The van der Waals surface area contributed by atoms with Crippen LogP contribution < -0.4 is 4.74 Å². The Bertz CT molecular complexity index is 226. The standard InChI is InChI=1S/C10H13ClO2/c1-9(12-8-7-11)13-10-5-3-2-4-6-10/h2-6,9H,7-8H2,1H3. The van der Waals surface area contributed by atoms with E-state index in [1.165, 1.54) is 0 Å². The van der Waals surface area contributed by atoms with Crippen molar-refractivity contribution in [1.82, 2.24) is 0 Å². The zero-order valence-electron chi connectivity index (χ0n) is 7.57. The van der Waals surface area contributed by atoms with Gasteiger partial charge in [-0.2, -0.15) is 0 Å². The third-order valence-electron chi connectivity index (χ3n) is 1.47. The van der Waals surface area contributed by atoms with Crippen molar-refractivity contribution in [3.05, 3.63) is 30.3 Å². The van der Waals surface area contributed by atoms with Crippen LogP contribution in [0.25, 0.3) is 0 Å². The number of alkyl halides is 1. The molecule has 0 aliphatic heterocycles. The lowest BCUT2D eigenvalue weighted by atomic mass is 10.3. The Balaban J connectivity index is 2.32. The monoisotopic (exact) mass is 200 g/mol. The lowest BCUT2D eigenvalue weighted by Crippen LogP contribution is -2.17. The zero-order chi connectivity index (χ0) is 9.52. The fourth-order valence-electron chi connectivity index (χ4n) is 0.935. The largest absolute Gasteiger partial charge is 0.465 e. The second-order valence-electron chi connectivity index (χ2n) is 2.56. The highest BCUT2D eigenvalue weighted by Crippen LogP contribution is 2.10. The first-order valence-corrected chi connectivity index (χ1v) is 4.75. The van der Waals surface area contributed by atoms with Crippen molar-refractivity contribution in [3.63, 3.8) is 0 Å². The number of para-hydroxylation sites is 1. The molecule has 13 heavy (non-hydrogen) atoms. The van der Waals surface area contributed by atoms with Crippen molar-refractivity contribution in [2.45, 2.75) is 13.2 Å². The number of rotatable bonds is 5. The molecule has 0 saturated carbocycles. The topological polar surface area (TPSA) is 18.5 Å². The van der Waals surface area contributed by atoms with Gasteiger partial charge in [0.1, 0.15) is 5.75 Å². The highest BCUT2D eigenvalue weighted by molar-refractivity contribution is 6.17. The minimum Gasteiger partial charge on any atom is -0.465 e. The van der Waals surface area contributed by atoms with Crippen molar-refractivity contribution in [2.75, 3.05) is 12.5 Å². The molecule has 3 heteroatoms. The van der Waals surface area contributed by atoms with Gasteiger partial charge in [-0.15, -0.1) is 11.6 Å². The van der Waals surface area contributed by atoms with Gasteiger partial charge in [-0.1, -0.05) is 18.2 Å². The lowest BCUT2D eigenvalue weighted by molar-refractivity contribution is -0.0605. The summed E-state index contributed by atoms with van der Waals surface area (Å²) in [5, 5.41) is 0. The molecular weight excluding hydrogens is 188 g/mol. The maximum Gasteiger partial charge on any atom is 0.197 e. The van der Waals surface area contributed by atoms with E-state index in [-0.39, 0.29) is 6.29 Å². The molecule has 1 rings (SSSR count). The van der Waals surface area contributed by atoms with E-state index in [9.17, 15) is 0 Å². The van der Waals surface area contributed by atoms with Crippen LogP contribution in [0.1, 0.15) is 6.92 Å². The Kier molecular flexibility index (Phi) is 4.65. The van der Waals surface area contributed by atoms with E-state index in [0.717, 1.165) is 5.75 Å². The zero-order valence-corrected chi connectivity index (χ0v) is 8.33. The van der Waals surface area contributed by atoms with Crippen molar-refractivity contribution in [2.24, 2.45) is 0 Å². The average Bonchev–Trinajstić information content (AvgIpc) is 2.16. The highest BCUT2D eigenvalue weighted by atomic mass is 35.5. The van der Waals surface area contributed by atoms with Crippen molar-refractivity contribution in [1.29, 1.82) is 0 Å². The Morgan fingerprint density at radius 2 is 2.00 bits per heavy atom. The first kappa shape index (κ1) is 10.4. The second-order valence-corrected chi connectivity index (χ2v) is 2.94. The summed E-state index contributed by atoms with van der Waals surface area (Å²) in [5.74, 6) is 1.30. The summed E-state index contributed by atoms with van der Waals surface area (Å²) < 4.78 is 10.7. The van der Waals surface area contributed by atoms with Crippen LogP contribution in [0, 0.1) is 0 Å². The van der Waals surface area contributed by atoms with E-state index in [4.69, 9.17) is 21.1 Å². The summed E-state index contributed by atoms with van der Waals surface area (Å²) >= 11 is 5.47. The van der Waals surface area contributed by atoms with Gasteiger partial charge in [-0.25, -0.2) is 0 Å². The van der Waals surface area contributed by atoms with Crippen LogP contribution >= 0.6 is 11.6 Å². The normalized spacial score (nSPS) is 12.5. The summed E-state index contributed by atoms with van der Waals surface area (Å²) in [6.07, 6.45) is -0.249. The Hall–Kier alpha value is -0.730. The fourth-order valence-corrected chi connectivity index (χ4v) is 1.02. The Labute approximate surface area is 83.4 Å². The number of benzene rings is 1. The summed E-state index contributed by atoms with van der Waals surface area (Å²) in [6.45, 7) is 2.36. The molecule has 0 spiro atoms. The van der Waals surface area contributed by atoms with Gasteiger partial charge in [0.2, 0.25) is 0 Å². The summed E-state index contributed by atoms with van der Waals surface area (Å²) in [5.41, 5.74) is 0. The van der Waals surface area contributed by atoms with Gasteiger partial charge >= 0.3 is 0 Å². The second kappa shape index (κ2) is 5.84. The van der Waals surface area contributed by atoms with Gasteiger partial charge in [0.05, 0.1) is 6.61 Å². The minimum absolute atomic E-state index is 0.249. The molecule has 0 radical (unpaired) electrons. The van der Waals surface area contributed by atoms with Crippen LogP contribution in [0.2, 0.25) is 0 Å². The molecule has 1 atom stereocenters. The maximum atomic E-state index is 5.47. The molecule has 0 saturated heterocycles. The molecule has 0 N–H and O–H groups in total. The molecule has 1 aromatic carbocycles. The lowest BCUT2D eigenvalue weighted by Gasteiger charge is -2.14. The van der Waals surface area contributed by atoms with E-state index < -0.39 is 0 Å². The Morgan fingerprint density at radius 3 is 2.62 bits per heavy atom. The third-order valence-corrected chi connectivity index (χ3v) is 1.63. The summed E-state index contributed by atoms with van der Waals surface area (Å²) in [4.78, 5) is 0. The first-order chi connectivity index (χ1) is 6.33. The van der Waals surface area contributed by atoms with Crippen molar-refractivity contribution >= 4 is 11.6 Å². The van der Waals surface area contributed by atoms with Crippen LogP contribution in [0.5, 0.6) is 5.75 Å². The van der Waals surface area contributed by atoms with Gasteiger partial charge in [-0.05, 0) is 19.1 Å². The predicted molar refractivity (Wildman–Crippen MR) is 53.2 cm³/mol. The van der Waals surface area contributed by atoms with Gasteiger partial charge in [-0.3, -0.25) is 0 Å². The van der Waals surface area contributed by atoms with Crippen LogP contribution in [0.3, 0.4) is 0 Å². The summed E-state index contributed by atoms with van der Waals surface area (Å²) in [6, 6.07) is 9.56. The average molecular weight is 201 g/mol. The summed E-state index contributed by atoms with van der Waals surface area (Å²) in [7, 11) is 0. The maximum absolute atomic E-state index is 5.47. The number of hydrogen-bond acceptors (Lipinski definition) is 2. The van der Waals surface area contributed by atoms with Crippen molar-refractivity contribution in [3.8, 4) is 5.75 Å². The number of hydrogen-bond donors (Lipinski definition) is 0. The van der Waals surface area contributed by atoms with Gasteiger partial charge in [0.25, 0.3) is 0 Å². The van der Waals surface area contributed by atoms with E-state index in [1.54, 1.807) is 0 Å². The molecule has 0 bridgehead atoms. The predicted octanol–water partition coefficient (Wildman–Crippen LogP) is 2.67. The van der Waals surface area contributed by atoms with E-state index in [0.29, 0.717) is 12.5 Å². The molecule has 0 aliphatic carbocycles. The molecule has 0 fully saturated rings. The van der Waals surface area contributed by atoms with E-state index >= 15 is 0 Å². The van der Waals surface area contributed by atoms with Crippen LogP contribution in [-0.4, -0.2) is 18.8 Å². The van der Waals surface area contributed by atoms with Gasteiger partial charge < -0.3 is 9.47 Å². The minimum atomic E-state index is -0.249. The van der Waals surface area contributed by atoms with Gasteiger partial charge in [0, 0.05) is 5.88 Å². The number of ether oxygens (including phenoxy) is 2. The molecule has 0 heterocycles. The SMILES string of the molecule is CC(OCCCl)Oc1ccccc1. The Morgan fingerprint density at radius 1 is 1.31 bits per heavy atom. The molecule has 0 aliphatic rings. The molecule has 1 unspecified atom stereocenters. The first-order valence-electron chi connectivity index (χ1n) is 4.22. The fraction of sp³-hybridized carbons (Fsp3) is 0.400. The molecular formula is C10H13ClO2. The molecule has 72 valence electrons. The third kappa shape index (κ3) is 4.15. The quantitative estimate of drug-likeness (QED) is 0.538. The van der Waals surface area contributed by atoms with E-state index in [2.05, 4.69) is 0 Å². The number of halogens is 1. The van der Waals surface area contributed by atoms with Crippen molar-refractivity contribution < 1.29 is 9.47 Å². The van der Waals surface area contributed by atoms with Gasteiger partial charge in [0.15, 0.2) is 6.29 Å². The molecule has 0 aromatic heterocycles. The molecule has 1 aromatic rings. The van der Waals surface area contributed by atoms with E-state index in [1.807, 2.05) is 37.3 Å². The van der Waals surface area contributed by atoms with Crippen LogP contribution in [0.4, 0.5) is 0 Å². The smallest absolute Gasteiger partial charge is 0.197 e. The highest BCUT2D eigenvalue weighted by Gasteiger charge is 2.01. The molecule has 0 amide bonds. The van der Waals surface area contributed by atoms with Crippen LogP contribution in [-0.2, 0) is 4.74 Å². The van der Waals surface area contributed by atoms with Crippen LogP contribution in [0.15, 0.2) is 30.3 Å².